The SMILES string of the molecule is COCCNC(=O)CCNC(=O)c1cn[nH]c1C. The van der Waals surface area contributed by atoms with Gasteiger partial charge in [0.05, 0.1) is 18.4 Å². The quantitative estimate of drug-likeness (QED) is 0.577. The number of aromatic amines is 1. The van der Waals surface area contributed by atoms with Gasteiger partial charge in [-0.25, -0.2) is 0 Å². The molecule has 0 atom stereocenters. The summed E-state index contributed by atoms with van der Waals surface area (Å²) in [5.41, 5.74) is 1.20. The highest BCUT2D eigenvalue weighted by Gasteiger charge is 2.10. The predicted octanol–water partition coefficient (Wildman–Crippen LogP) is -0.399. The van der Waals surface area contributed by atoms with E-state index < -0.39 is 0 Å². The lowest BCUT2D eigenvalue weighted by molar-refractivity contribution is -0.121. The number of carbonyl (C=O) groups is 2. The molecule has 0 aromatic carbocycles. The van der Waals surface area contributed by atoms with Crippen molar-refractivity contribution in [1.29, 1.82) is 0 Å². The fourth-order valence-corrected chi connectivity index (χ4v) is 1.35. The summed E-state index contributed by atoms with van der Waals surface area (Å²) in [6.07, 6.45) is 1.70. The van der Waals surface area contributed by atoms with E-state index in [1.807, 2.05) is 0 Å². The monoisotopic (exact) mass is 254 g/mol. The minimum absolute atomic E-state index is 0.115. The number of carbonyl (C=O) groups excluding carboxylic acids is 2. The predicted molar refractivity (Wildman–Crippen MR) is 65.2 cm³/mol. The van der Waals surface area contributed by atoms with Crippen LogP contribution in [0.3, 0.4) is 0 Å². The topological polar surface area (TPSA) is 96.1 Å². The minimum atomic E-state index is -0.231. The van der Waals surface area contributed by atoms with Crippen molar-refractivity contribution in [3.05, 3.63) is 17.5 Å². The summed E-state index contributed by atoms with van der Waals surface area (Å²) in [5, 5.41) is 11.8. The average Bonchev–Trinajstić information content (AvgIpc) is 2.76. The molecule has 0 unspecified atom stereocenters. The highest BCUT2D eigenvalue weighted by atomic mass is 16.5. The van der Waals surface area contributed by atoms with Crippen LogP contribution in [0.1, 0.15) is 22.5 Å². The van der Waals surface area contributed by atoms with Crippen LogP contribution in [0.2, 0.25) is 0 Å². The lowest BCUT2D eigenvalue weighted by atomic mass is 10.2. The third-order valence-corrected chi connectivity index (χ3v) is 2.34. The summed E-state index contributed by atoms with van der Waals surface area (Å²) < 4.78 is 4.80. The number of hydrogen-bond acceptors (Lipinski definition) is 4. The van der Waals surface area contributed by atoms with Crippen molar-refractivity contribution < 1.29 is 14.3 Å². The van der Waals surface area contributed by atoms with Crippen LogP contribution in [0.4, 0.5) is 0 Å². The molecule has 0 aliphatic heterocycles. The van der Waals surface area contributed by atoms with Crippen LogP contribution < -0.4 is 10.6 Å². The van der Waals surface area contributed by atoms with Gasteiger partial charge in [0.15, 0.2) is 0 Å². The molecule has 0 fully saturated rings. The van der Waals surface area contributed by atoms with Crippen LogP contribution >= 0.6 is 0 Å². The molecule has 2 amide bonds. The van der Waals surface area contributed by atoms with Gasteiger partial charge in [-0.1, -0.05) is 0 Å². The average molecular weight is 254 g/mol. The molecule has 0 bridgehead atoms. The Kier molecular flexibility index (Phi) is 5.86. The van der Waals surface area contributed by atoms with E-state index in [0.717, 1.165) is 0 Å². The maximum absolute atomic E-state index is 11.6. The van der Waals surface area contributed by atoms with Gasteiger partial charge in [0.25, 0.3) is 5.91 Å². The summed E-state index contributed by atoms with van der Waals surface area (Å²) in [4.78, 5) is 23.0. The second-order valence-corrected chi connectivity index (χ2v) is 3.76. The molecule has 1 rings (SSSR count). The first-order valence-corrected chi connectivity index (χ1v) is 5.69. The Morgan fingerprint density at radius 1 is 1.39 bits per heavy atom. The Labute approximate surface area is 105 Å². The lowest BCUT2D eigenvalue weighted by Gasteiger charge is -2.05. The fraction of sp³-hybridized carbons (Fsp3) is 0.545. The van der Waals surface area contributed by atoms with Gasteiger partial charge in [-0.2, -0.15) is 5.10 Å². The Hall–Kier alpha value is -1.89. The number of aromatic nitrogens is 2. The number of nitrogens with zero attached hydrogens (tertiary/aromatic N) is 1. The zero-order valence-corrected chi connectivity index (χ0v) is 10.6. The van der Waals surface area contributed by atoms with E-state index in [1.54, 1.807) is 14.0 Å². The molecule has 0 saturated heterocycles. The van der Waals surface area contributed by atoms with E-state index in [1.165, 1.54) is 6.20 Å². The number of aryl methyl sites for hydroxylation is 1. The zero-order chi connectivity index (χ0) is 13.4. The van der Waals surface area contributed by atoms with Gasteiger partial charge in [0, 0.05) is 32.3 Å². The third kappa shape index (κ3) is 4.54. The summed E-state index contributed by atoms with van der Waals surface area (Å²) >= 11 is 0. The molecule has 1 aromatic heterocycles. The molecule has 0 aliphatic carbocycles. The number of hydrogen-bond donors (Lipinski definition) is 3. The van der Waals surface area contributed by atoms with Gasteiger partial charge in [-0.3, -0.25) is 14.7 Å². The molecule has 1 aromatic rings. The molecule has 0 radical (unpaired) electrons. The second-order valence-electron chi connectivity index (χ2n) is 3.76. The first-order chi connectivity index (χ1) is 8.65. The van der Waals surface area contributed by atoms with Crippen LogP contribution in [0.5, 0.6) is 0 Å². The lowest BCUT2D eigenvalue weighted by Crippen LogP contribution is -2.32. The second kappa shape index (κ2) is 7.44. The van der Waals surface area contributed by atoms with Gasteiger partial charge in [0.1, 0.15) is 0 Å². The Bertz CT molecular complexity index is 403. The summed E-state index contributed by atoms with van der Waals surface area (Å²) in [7, 11) is 1.57. The molecule has 0 spiro atoms. The summed E-state index contributed by atoms with van der Waals surface area (Å²) in [6.45, 7) is 3.01. The van der Waals surface area contributed by atoms with E-state index >= 15 is 0 Å². The van der Waals surface area contributed by atoms with Gasteiger partial charge < -0.3 is 15.4 Å². The number of methoxy groups -OCH3 is 1. The molecular weight excluding hydrogens is 236 g/mol. The molecule has 7 nitrogen and oxygen atoms in total. The van der Waals surface area contributed by atoms with Crippen LogP contribution in [0, 0.1) is 6.92 Å². The van der Waals surface area contributed by atoms with E-state index in [0.29, 0.717) is 31.0 Å². The molecule has 0 saturated carbocycles. The van der Waals surface area contributed by atoms with Gasteiger partial charge in [0.2, 0.25) is 5.91 Å². The first-order valence-electron chi connectivity index (χ1n) is 5.69. The molecular formula is C11H18N4O3. The van der Waals surface area contributed by atoms with Crippen LogP contribution in [0.15, 0.2) is 6.20 Å². The van der Waals surface area contributed by atoms with E-state index in [2.05, 4.69) is 20.8 Å². The van der Waals surface area contributed by atoms with Crippen LogP contribution in [-0.4, -0.2) is 48.8 Å². The largest absolute Gasteiger partial charge is 0.383 e. The number of rotatable bonds is 7. The molecule has 3 N–H and O–H groups in total. The Morgan fingerprint density at radius 3 is 2.78 bits per heavy atom. The van der Waals surface area contributed by atoms with E-state index in [-0.39, 0.29) is 18.2 Å². The third-order valence-electron chi connectivity index (χ3n) is 2.34. The maximum atomic E-state index is 11.6. The summed E-state index contributed by atoms with van der Waals surface area (Å²) in [6, 6.07) is 0. The molecule has 7 heteroatoms. The molecule has 1 heterocycles. The van der Waals surface area contributed by atoms with Crippen molar-refractivity contribution >= 4 is 11.8 Å². The van der Waals surface area contributed by atoms with Crippen molar-refractivity contribution in [2.24, 2.45) is 0 Å². The number of nitrogens with one attached hydrogen (secondary N) is 3. The number of H-pyrrole nitrogens is 1. The molecule has 18 heavy (non-hydrogen) atoms. The fourth-order valence-electron chi connectivity index (χ4n) is 1.35. The van der Waals surface area contributed by atoms with Crippen LogP contribution in [0.25, 0.3) is 0 Å². The summed E-state index contributed by atoms with van der Waals surface area (Å²) in [5.74, 6) is -0.345. The minimum Gasteiger partial charge on any atom is -0.383 e. The smallest absolute Gasteiger partial charge is 0.254 e. The van der Waals surface area contributed by atoms with Crippen molar-refractivity contribution in [1.82, 2.24) is 20.8 Å². The van der Waals surface area contributed by atoms with E-state index in [9.17, 15) is 9.59 Å². The number of ether oxygens (including phenoxy) is 1. The highest BCUT2D eigenvalue weighted by molar-refractivity contribution is 5.95. The van der Waals surface area contributed by atoms with Crippen LogP contribution in [-0.2, 0) is 9.53 Å². The van der Waals surface area contributed by atoms with Gasteiger partial charge in [-0.05, 0) is 6.92 Å². The first kappa shape index (κ1) is 14.2. The van der Waals surface area contributed by atoms with Gasteiger partial charge in [-0.15, -0.1) is 0 Å². The Balaban J connectivity index is 2.20. The Morgan fingerprint density at radius 2 is 2.17 bits per heavy atom. The molecule has 0 aliphatic rings. The van der Waals surface area contributed by atoms with Gasteiger partial charge >= 0.3 is 0 Å². The van der Waals surface area contributed by atoms with Crippen molar-refractivity contribution in [3.8, 4) is 0 Å². The maximum Gasteiger partial charge on any atom is 0.254 e. The van der Waals surface area contributed by atoms with Crippen molar-refractivity contribution in [2.45, 2.75) is 13.3 Å². The standard InChI is InChI=1S/C11H18N4O3/c1-8-9(7-14-15-8)11(17)13-4-3-10(16)12-5-6-18-2/h7H,3-6H2,1-2H3,(H,12,16)(H,13,17)(H,14,15). The highest BCUT2D eigenvalue weighted by Crippen LogP contribution is 2.01. The van der Waals surface area contributed by atoms with Crippen molar-refractivity contribution in [2.75, 3.05) is 26.8 Å². The molecule has 100 valence electrons. The number of amides is 2. The van der Waals surface area contributed by atoms with E-state index in [4.69, 9.17) is 4.74 Å². The normalized spacial score (nSPS) is 10.1. The zero-order valence-electron chi connectivity index (χ0n) is 10.6. The van der Waals surface area contributed by atoms with Crippen molar-refractivity contribution in [3.63, 3.8) is 0 Å².